The zero-order chi connectivity index (χ0) is 11.0. The van der Waals surface area contributed by atoms with Gasteiger partial charge in [-0.25, -0.2) is 0 Å². The molecule has 2 nitrogen and oxygen atoms in total. The molecule has 80 valence electrons. The van der Waals surface area contributed by atoms with E-state index >= 15 is 0 Å². The molecule has 0 aliphatic rings. The van der Waals surface area contributed by atoms with Crippen molar-refractivity contribution in [1.82, 2.24) is 4.57 Å². The summed E-state index contributed by atoms with van der Waals surface area (Å²) < 4.78 is 2.21. The van der Waals surface area contributed by atoms with Gasteiger partial charge in [0.1, 0.15) is 5.75 Å². The quantitative estimate of drug-likeness (QED) is 0.747. The van der Waals surface area contributed by atoms with Gasteiger partial charge in [-0.2, -0.15) is 12.6 Å². The summed E-state index contributed by atoms with van der Waals surface area (Å²) in [6, 6.07) is 5.91. The van der Waals surface area contributed by atoms with Crippen LogP contribution in [0.2, 0.25) is 0 Å². The van der Waals surface area contributed by atoms with E-state index in [-0.39, 0.29) is 0 Å². The number of thiol groups is 1. The van der Waals surface area contributed by atoms with Crippen LogP contribution < -0.4 is 0 Å². The minimum atomic E-state index is 0.312. The Labute approximate surface area is 94.9 Å². The molecule has 0 spiro atoms. The fourth-order valence-electron chi connectivity index (χ4n) is 1.87. The maximum absolute atomic E-state index is 9.46. The summed E-state index contributed by atoms with van der Waals surface area (Å²) in [4.78, 5) is 0. The van der Waals surface area contributed by atoms with E-state index in [0.29, 0.717) is 17.5 Å². The van der Waals surface area contributed by atoms with Crippen LogP contribution in [0, 0.1) is 0 Å². The molecule has 1 N–H and O–H groups in total. The third-order valence-electron chi connectivity index (χ3n) is 2.63. The van der Waals surface area contributed by atoms with Crippen LogP contribution in [-0.4, -0.2) is 9.67 Å². The van der Waals surface area contributed by atoms with Crippen molar-refractivity contribution in [2.45, 2.75) is 25.6 Å². The number of benzene rings is 1. The summed E-state index contributed by atoms with van der Waals surface area (Å²) >= 11 is 4.31. The first kappa shape index (κ1) is 10.4. The van der Waals surface area contributed by atoms with Crippen LogP contribution in [-0.2, 0) is 5.75 Å². The fourth-order valence-corrected chi connectivity index (χ4v) is 2.12. The van der Waals surface area contributed by atoms with E-state index in [4.69, 9.17) is 0 Å². The summed E-state index contributed by atoms with van der Waals surface area (Å²) in [6.45, 7) is 4.29. The SMILES string of the molecule is CC(C)n1cc(CS)c2cc(O)ccc21. The van der Waals surface area contributed by atoms with Crippen LogP contribution >= 0.6 is 12.6 Å². The van der Waals surface area contributed by atoms with Crippen molar-refractivity contribution in [2.24, 2.45) is 0 Å². The Hall–Kier alpha value is -1.09. The monoisotopic (exact) mass is 221 g/mol. The van der Waals surface area contributed by atoms with Gasteiger partial charge in [0, 0.05) is 28.9 Å². The topological polar surface area (TPSA) is 25.2 Å². The van der Waals surface area contributed by atoms with Crippen molar-refractivity contribution < 1.29 is 5.11 Å². The highest BCUT2D eigenvalue weighted by Crippen LogP contribution is 2.28. The van der Waals surface area contributed by atoms with Crippen LogP contribution in [0.25, 0.3) is 10.9 Å². The third kappa shape index (κ3) is 1.72. The van der Waals surface area contributed by atoms with Gasteiger partial charge in [0.2, 0.25) is 0 Å². The first-order valence-electron chi connectivity index (χ1n) is 5.06. The maximum Gasteiger partial charge on any atom is 0.116 e. The summed E-state index contributed by atoms with van der Waals surface area (Å²) in [7, 11) is 0. The Balaban J connectivity index is 2.75. The van der Waals surface area contributed by atoms with Crippen molar-refractivity contribution in [2.75, 3.05) is 0 Å². The number of hydrogen-bond acceptors (Lipinski definition) is 2. The zero-order valence-corrected chi connectivity index (χ0v) is 9.83. The molecule has 0 saturated carbocycles. The smallest absolute Gasteiger partial charge is 0.116 e. The van der Waals surface area contributed by atoms with Gasteiger partial charge in [0.05, 0.1) is 0 Å². The van der Waals surface area contributed by atoms with Crippen molar-refractivity contribution in [3.8, 4) is 5.75 Å². The number of phenols is 1. The molecule has 1 aromatic carbocycles. The number of aromatic hydroxyl groups is 1. The minimum absolute atomic E-state index is 0.312. The molecule has 0 atom stereocenters. The van der Waals surface area contributed by atoms with E-state index in [1.165, 1.54) is 0 Å². The zero-order valence-electron chi connectivity index (χ0n) is 8.94. The number of hydrogen-bond donors (Lipinski definition) is 2. The van der Waals surface area contributed by atoms with Crippen LogP contribution in [0.15, 0.2) is 24.4 Å². The minimum Gasteiger partial charge on any atom is -0.508 e. The first-order chi connectivity index (χ1) is 7.13. The number of nitrogens with zero attached hydrogens (tertiary/aromatic N) is 1. The molecule has 1 heterocycles. The predicted octanol–water partition coefficient (Wildman–Crippen LogP) is 3.36. The second-order valence-corrected chi connectivity index (χ2v) is 4.33. The van der Waals surface area contributed by atoms with E-state index < -0.39 is 0 Å². The molecule has 15 heavy (non-hydrogen) atoms. The highest BCUT2D eigenvalue weighted by atomic mass is 32.1. The Morgan fingerprint density at radius 1 is 1.40 bits per heavy atom. The lowest BCUT2D eigenvalue weighted by molar-refractivity contribution is 0.476. The van der Waals surface area contributed by atoms with Crippen molar-refractivity contribution in [3.05, 3.63) is 30.0 Å². The van der Waals surface area contributed by atoms with Gasteiger partial charge in [0.15, 0.2) is 0 Å². The fraction of sp³-hybridized carbons (Fsp3) is 0.333. The molecule has 1 aromatic heterocycles. The van der Waals surface area contributed by atoms with Crippen LogP contribution in [0.3, 0.4) is 0 Å². The predicted molar refractivity (Wildman–Crippen MR) is 66.7 cm³/mol. The van der Waals surface area contributed by atoms with E-state index in [2.05, 4.69) is 37.2 Å². The van der Waals surface area contributed by atoms with Crippen molar-refractivity contribution in [1.29, 1.82) is 0 Å². The average Bonchev–Trinajstić information content (AvgIpc) is 2.55. The second kappa shape index (κ2) is 3.81. The molecule has 0 bridgehead atoms. The van der Waals surface area contributed by atoms with E-state index in [1.54, 1.807) is 12.1 Å². The lowest BCUT2D eigenvalue weighted by Gasteiger charge is -2.08. The maximum atomic E-state index is 9.46. The van der Waals surface area contributed by atoms with Gasteiger partial charge in [-0.3, -0.25) is 0 Å². The molecule has 0 radical (unpaired) electrons. The average molecular weight is 221 g/mol. The molecule has 0 saturated heterocycles. The molecular weight excluding hydrogens is 206 g/mol. The highest BCUT2D eigenvalue weighted by molar-refractivity contribution is 7.79. The van der Waals surface area contributed by atoms with Gasteiger partial charge >= 0.3 is 0 Å². The number of rotatable bonds is 2. The van der Waals surface area contributed by atoms with Crippen LogP contribution in [0.5, 0.6) is 5.75 Å². The van der Waals surface area contributed by atoms with Gasteiger partial charge < -0.3 is 9.67 Å². The Morgan fingerprint density at radius 2 is 2.13 bits per heavy atom. The summed E-state index contributed by atoms with van der Waals surface area (Å²) in [5, 5.41) is 10.6. The lowest BCUT2D eigenvalue weighted by atomic mass is 10.2. The Kier molecular flexibility index (Phi) is 2.65. The van der Waals surface area contributed by atoms with Gasteiger partial charge in [-0.05, 0) is 37.6 Å². The molecule has 0 amide bonds. The largest absolute Gasteiger partial charge is 0.508 e. The summed E-state index contributed by atoms with van der Waals surface area (Å²) in [5.41, 5.74) is 2.32. The molecule has 0 fully saturated rings. The summed E-state index contributed by atoms with van der Waals surface area (Å²) in [5.74, 6) is 1.01. The molecule has 2 rings (SSSR count). The Bertz CT molecular complexity index is 488. The number of phenolic OH excluding ortho intramolecular Hbond substituents is 1. The molecule has 3 heteroatoms. The lowest BCUT2D eigenvalue weighted by Crippen LogP contribution is -1.97. The molecule has 0 aliphatic carbocycles. The van der Waals surface area contributed by atoms with Crippen molar-refractivity contribution >= 4 is 23.5 Å². The highest BCUT2D eigenvalue weighted by Gasteiger charge is 2.09. The van der Waals surface area contributed by atoms with E-state index in [0.717, 1.165) is 16.5 Å². The van der Waals surface area contributed by atoms with Gasteiger partial charge in [-0.1, -0.05) is 0 Å². The Morgan fingerprint density at radius 3 is 2.73 bits per heavy atom. The normalized spacial score (nSPS) is 11.5. The van der Waals surface area contributed by atoms with Crippen molar-refractivity contribution in [3.63, 3.8) is 0 Å². The van der Waals surface area contributed by atoms with Crippen LogP contribution in [0.1, 0.15) is 25.5 Å². The van der Waals surface area contributed by atoms with E-state index in [1.807, 2.05) is 6.07 Å². The molecule has 0 aliphatic heterocycles. The third-order valence-corrected chi connectivity index (χ3v) is 2.97. The molecule has 0 unspecified atom stereocenters. The molecular formula is C12H15NOS. The molecule has 2 aromatic rings. The van der Waals surface area contributed by atoms with Gasteiger partial charge in [-0.15, -0.1) is 0 Å². The van der Waals surface area contributed by atoms with Gasteiger partial charge in [0.25, 0.3) is 0 Å². The van der Waals surface area contributed by atoms with Crippen LogP contribution in [0.4, 0.5) is 0 Å². The summed E-state index contributed by atoms with van der Waals surface area (Å²) in [6.07, 6.45) is 2.11. The standard InChI is InChI=1S/C12H15NOS/c1-8(2)13-6-9(7-15)11-5-10(14)3-4-12(11)13/h3-6,8,14-15H,7H2,1-2H3. The second-order valence-electron chi connectivity index (χ2n) is 4.01. The number of aromatic nitrogens is 1. The number of fused-ring (bicyclic) bond motifs is 1. The van der Waals surface area contributed by atoms with E-state index in [9.17, 15) is 5.11 Å². The first-order valence-corrected chi connectivity index (χ1v) is 5.70.